The topological polar surface area (TPSA) is 86.9 Å². The van der Waals surface area contributed by atoms with Crippen LogP contribution in [-0.4, -0.2) is 56.9 Å². The van der Waals surface area contributed by atoms with Gasteiger partial charge >= 0.3 is 5.97 Å². The fraction of sp³-hybridized carbons (Fsp3) is 0.526. The van der Waals surface area contributed by atoms with Crippen molar-refractivity contribution in [1.82, 2.24) is 19.6 Å². The molecule has 2 aliphatic rings. The number of rotatable bonds is 3. The number of nitrogens with zero attached hydrogens (tertiary/aromatic N) is 3. The van der Waals surface area contributed by atoms with E-state index >= 15 is 0 Å². The van der Waals surface area contributed by atoms with Crippen LogP contribution in [0.3, 0.4) is 0 Å². The molecule has 2 aliphatic heterocycles. The number of carbonyl (C=O) groups is 2. The van der Waals surface area contributed by atoms with E-state index < -0.39 is 11.4 Å². The molecule has 26 heavy (non-hydrogen) atoms. The minimum atomic E-state index is -0.859. The van der Waals surface area contributed by atoms with E-state index in [2.05, 4.69) is 10.3 Å². The number of hydrogen-bond acceptors (Lipinski definition) is 4. The van der Waals surface area contributed by atoms with Crippen molar-refractivity contribution < 1.29 is 14.7 Å². The van der Waals surface area contributed by atoms with E-state index in [9.17, 15) is 14.7 Å². The fourth-order valence-electron chi connectivity index (χ4n) is 4.46. The lowest BCUT2D eigenvalue weighted by Gasteiger charge is -2.48. The molecular formula is C19H24N4O3. The molecule has 2 saturated heterocycles. The van der Waals surface area contributed by atoms with Gasteiger partial charge in [-0.25, -0.2) is 4.98 Å². The van der Waals surface area contributed by atoms with Crippen molar-refractivity contribution in [3.63, 3.8) is 0 Å². The molecule has 2 N–H and O–H groups in total. The molecule has 2 aromatic rings. The summed E-state index contributed by atoms with van der Waals surface area (Å²) in [6.45, 7) is 3.73. The fourth-order valence-corrected chi connectivity index (χ4v) is 4.46. The van der Waals surface area contributed by atoms with E-state index in [1.807, 2.05) is 29.7 Å². The number of carboxylic acids is 1. The largest absolute Gasteiger partial charge is 0.481 e. The lowest BCUT2D eigenvalue weighted by atomic mass is 9.70. The van der Waals surface area contributed by atoms with Crippen LogP contribution in [-0.2, 0) is 16.0 Å². The van der Waals surface area contributed by atoms with Crippen molar-refractivity contribution in [2.24, 2.45) is 5.41 Å². The highest BCUT2D eigenvalue weighted by molar-refractivity contribution is 5.82. The van der Waals surface area contributed by atoms with Gasteiger partial charge in [-0.05, 0) is 44.4 Å². The molecule has 0 bridgehead atoms. The number of aromatic nitrogens is 2. The lowest BCUT2D eigenvalue weighted by molar-refractivity contribution is -0.159. The van der Waals surface area contributed by atoms with Crippen LogP contribution in [0.2, 0.25) is 0 Å². The zero-order chi connectivity index (χ0) is 18.3. The normalized spacial score (nSPS) is 25.9. The van der Waals surface area contributed by atoms with Gasteiger partial charge < -0.3 is 19.7 Å². The van der Waals surface area contributed by atoms with Crippen LogP contribution in [0.1, 0.15) is 30.5 Å². The molecule has 7 heteroatoms. The summed E-state index contributed by atoms with van der Waals surface area (Å²) in [6, 6.07) is 3.89. The molecule has 2 aromatic heterocycles. The summed E-state index contributed by atoms with van der Waals surface area (Å²) in [5.74, 6) is -0.824. The van der Waals surface area contributed by atoms with E-state index in [1.165, 1.54) is 0 Å². The molecule has 0 unspecified atom stereocenters. The monoisotopic (exact) mass is 356 g/mol. The molecule has 7 nitrogen and oxygen atoms in total. The maximum atomic E-state index is 12.9. The van der Waals surface area contributed by atoms with Crippen molar-refractivity contribution in [2.75, 3.05) is 19.6 Å². The number of imidazole rings is 1. The third-order valence-electron chi connectivity index (χ3n) is 5.94. The number of hydrogen-bond donors (Lipinski definition) is 2. The number of fused-ring (bicyclic) bond motifs is 2. The molecule has 2 atom stereocenters. The standard InChI is InChI=1S/C19H24N4O3/c1-13-4-2-8-23-14(11-21-17(13)23)10-16(24)22-9-5-15-19(12-22,18(25)26)6-3-7-20-15/h2,4,8,11,15,20H,3,5-7,9-10,12H2,1H3,(H,25,26)/t15-,19+/m1/s1. The summed E-state index contributed by atoms with van der Waals surface area (Å²) in [5, 5.41) is 13.2. The molecule has 4 heterocycles. The van der Waals surface area contributed by atoms with Gasteiger partial charge in [-0.2, -0.15) is 0 Å². The first kappa shape index (κ1) is 17.0. The van der Waals surface area contributed by atoms with Gasteiger partial charge in [0.05, 0.1) is 12.1 Å². The number of aliphatic carboxylic acids is 1. The van der Waals surface area contributed by atoms with Crippen LogP contribution in [0, 0.1) is 12.3 Å². The highest BCUT2D eigenvalue weighted by Gasteiger charge is 2.51. The minimum Gasteiger partial charge on any atom is -0.481 e. The Bertz CT molecular complexity index is 862. The van der Waals surface area contributed by atoms with Crippen LogP contribution in [0.15, 0.2) is 24.5 Å². The van der Waals surface area contributed by atoms with Gasteiger partial charge in [0.25, 0.3) is 0 Å². The van der Waals surface area contributed by atoms with Crippen LogP contribution >= 0.6 is 0 Å². The third-order valence-corrected chi connectivity index (χ3v) is 5.94. The molecule has 0 saturated carbocycles. The van der Waals surface area contributed by atoms with Crippen LogP contribution < -0.4 is 5.32 Å². The first-order valence-electron chi connectivity index (χ1n) is 9.17. The van der Waals surface area contributed by atoms with Crippen molar-refractivity contribution in [2.45, 2.75) is 38.6 Å². The number of carboxylic acid groups (broad SMARTS) is 1. The minimum absolute atomic E-state index is 0.0297. The molecule has 0 radical (unpaired) electrons. The lowest BCUT2D eigenvalue weighted by Crippen LogP contribution is -2.63. The van der Waals surface area contributed by atoms with Gasteiger partial charge in [0, 0.05) is 31.5 Å². The van der Waals surface area contributed by atoms with Crippen molar-refractivity contribution >= 4 is 17.5 Å². The summed E-state index contributed by atoms with van der Waals surface area (Å²) in [4.78, 5) is 31.1. The molecule has 138 valence electrons. The van der Waals surface area contributed by atoms with Gasteiger partial charge in [0.1, 0.15) is 11.1 Å². The maximum absolute atomic E-state index is 12.9. The molecule has 1 amide bonds. The van der Waals surface area contributed by atoms with Crippen LogP contribution in [0.4, 0.5) is 0 Å². The highest BCUT2D eigenvalue weighted by Crippen LogP contribution is 2.38. The Morgan fingerprint density at radius 1 is 1.46 bits per heavy atom. The van der Waals surface area contributed by atoms with E-state index in [1.54, 1.807) is 11.1 Å². The van der Waals surface area contributed by atoms with Crippen molar-refractivity contribution in [3.8, 4) is 0 Å². The van der Waals surface area contributed by atoms with E-state index in [-0.39, 0.29) is 24.9 Å². The van der Waals surface area contributed by atoms with Gasteiger partial charge in [0.2, 0.25) is 5.91 Å². The number of nitrogens with one attached hydrogen (secondary N) is 1. The summed E-state index contributed by atoms with van der Waals surface area (Å²) < 4.78 is 1.94. The van der Waals surface area contributed by atoms with Crippen molar-refractivity contribution in [1.29, 1.82) is 0 Å². The van der Waals surface area contributed by atoms with E-state index in [0.29, 0.717) is 19.4 Å². The molecular weight excluding hydrogens is 332 g/mol. The third kappa shape index (κ3) is 2.67. The Kier molecular flexibility index (Phi) is 4.19. The molecule has 2 fully saturated rings. The quantitative estimate of drug-likeness (QED) is 0.864. The van der Waals surface area contributed by atoms with Crippen LogP contribution in [0.5, 0.6) is 0 Å². The Morgan fingerprint density at radius 2 is 2.31 bits per heavy atom. The summed E-state index contributed by atoms with van der Waals surface area (Å²) in [7, 11) is 0. The summed E-state index contributed by atoms with van der Waals surface area (Å²) in [6.07, 6.45) is 6.02. The number of pyridine rings is 1. The molecule has 0 aliphatic carbocycles. The number of amides is 1. The molecule has 4 rings (SSSR count). The molecule has 0 spiro atoms. The Balaban J connectivity index is 1.55. The zero-order valence-corrected chi connectivity index (χ0v) is 14.9. The second kappa shape index (κ2) is 6.39. The van der Waals surface area contributed by atoms with E-state index in [4.69, 9.17) is 0 Å². The summed E-state index contributed by atoms with van der Waals surface area (Å²) >= 11 is 0. The Hall–Kier alpha value is -2.41. The van der Waals surface area contributed by atoms with Gasteiger partial charge in [-0.15, -0.1) is 0 Å². The first-order valence-corrected chi connectivity index (χ1v) is 9.17. The van der Waals surface area contributed by atoms with Crippen LogP contribution in [0.25, 0.3) is 5.65 Å². The Morgan fingerprint density at radius 3 is 3.12 bits per heavy atom. The molecule has 0 aromatic carbocycles. The van der Waals surface area contributed by atoms with Gasteiger partial charge in [-0.3, -0.25) is 9.59 Å². The average Bonchev–Trinajstić information content (AvgIpc) is 3.05. The Labute approximate surface area is 152 Å². The zero-order valence-electron chi connectivity index (χ0n) is 14.9. The maximum Gasteiger partial charge on any atom is 0.313 e. The number of likely N-dealkylation sites (tertiary alicyclic amines) is 1. The van der Waals surface area contributed by atoms with Gasteiger partial charge in [0.15, 0.2) is 0 Å². The predicted octanol–water partition coefficient (Wildman–Crippen LogP) is 1.24. The second-order valence-electron chi connectivity index (χ2n) is 7.49. The smallest absolute Gasteiger partial charge is 0.313 e. The summed E-state index contributed by atoms with van der Waals surface area (Å²) in [5.41, 5.74) is 1.89. The number of piperidine rings is 2. The predicted molar refractivity (Wildman–Crippen MR) is 95.9 cm³/mol. The van der Waals surface area contributed by atoms with E-state index in [0.717, 1.165) is 29.9 Å². The second-order valence-corrected chi connectivity index (χ2v) is 7.49. The first-order chi connectivity index (χ1) is 12.5. The number of aryl methyl sites for hydroxylation is 1. The van der Waals surface area contributed by atoms with Crippen molar-refractivity contribution in [3.05, 3.63) is 35.8 Å². The highest BCUT2D eigenvalue weighted by atomic mass is 16.4. The van der Waals surface area contributed by atoms with Gasteiger partial charge in [-0.1, -0.05) is 6.07 Å². The number of carbonyl (C=O) groups excluding carboxylic acids is 1. The SMILES string of the molecule is Cc1cccn2c(CC(=O)N3CC[C@H]4NCCC[C@]4(C(=O)O)C3)cnc12. The average molecular weight is 356 g/mol.